The van der Waals surface area contributed by atoms with Gasteiger partial charge < -0.3 is 14.8 Å². The van der Waals surface area contributed by atoms with Gasteiger partial charge in [0.15, 0.2) is 0 Å². The molecule has 1 N–H and O–H groups in total. The van der Waals surface area contributed by atoms with Crippen LogP contribution in [-0.2, 0) is 6.42 Å². The number of likely N-dealkylation sites (tertiary alicyclic amines) is 1. The highest BCUT2D eigenvalue weighted by Gasteiger charge is 2.50. The first-order chi connectivity index (χ1) is 29.7. The van der Waals surface area contributed by atoms with E-state index in [-0.39, 0.29) is 30.2 Å². The van der Waals surface area contributed by atoms with Crippen LogP contribution in [0, 0.1) is 64.1 Å². The van der Waals surface area contributed by atoms with Gasteiger partial charge in [-0.05, 0) is 141 Å². The average molecular weight is 785 g/mol. The van der Waals surface area contributed by atoms with E-state index in [0.717, 1.165) is 81.2 Å². The third kappa shape index (κ3) is 6.25. The maximum absolute atomic E-state index is 9.98. The second-order valence-electron chi connectivity index (χ2n) is 18.2. The van der Waals surface area contributed by atoms with Crippen molar-refractivity contribution < 1.29 is 0 Å². The number of allylic oxidation sites excluding steroid dienone is 11. The van der Waals surface area contributed by atoms with Crippen LogP contribution in [0.25, 0.3) is 17.0 Å². The third-order valence-electron chi connectivity index (χ3n) is 15.1. The van der Waals surface area contributed by atoms with Crippen molar-refractivity contribution >= 4 is 23.2 Å². The summed E-state index contributed by atoms with van der Waals surface area (Å²) in [6.07, 6.45) is 36.8. The Morgan fingerprint density at radius 2 is 1.67 bits per heavy atom. The van der Waals surface area contributed by atoms with E-state index >= 15 is 0 Å². The van der Waals surface area contributed by atoms with Gasteiger partial charge in [0.1, 0.15) is 18.2 Å². The van der Waals surface area contributed by atoms with Crippen LogP contribution in [-0.4, -0.2) is 27.9 Å². The number of nitriles is 2. The summed E-state index contributed by atoms with van der Waals surface area (Å²) < 4.78 is 2.55. The van der Waals surface area contributed by atoms with Crippen LogP contribution < -0.4 is 5.32 Å². The number of dihydropyridines is 1. The summed E-state index contributed by atoms with van der Waals surface area (Å²) >= 11 is 0. The van der Waals surface area contributed by atoms with Crippen molar-refractivity contribution in [3.8, 4) is 24.0 Å². The molecule has 4 heterocycles. The zero-order valence-corrected chi connectivity index (χ0v) is 34.3. The molecule has 298 valence electrons. The molecule has 3 aliphatic heterocycles. The van der Waals surface area contributed by atoms with Gasteiger partial charge in [-0.3, -0.25) is 4.99 Å². The zero-order chi connectivity index (χ0) is 40.2. The van der Waals surface area contributed by atoms with Crippen LogP contribution in [0.1, 0.15) is 105 Å². The highest BCUT2D eigenvalue weighted by atomic mass is 15.4. The summed E-state index contributed by atoms with van der Waals surface area (Å²) in [5.74, 6) is 11.2. The fourth-order valence-corrected chi connectivity index (χ4v) is 12.4. The fraction of sp³-hybridized carbons (Fsp3) is 0.389. The summed E-state index contributed by atoms with van der Waals surface area (Å²) in [6, 6.07) is 23.1. The minimum atomic E-state index is -0.119. The summed E-state index contributed by atoms with van der Waals surface area (Å²) in [7, 11) is 0. The SMILES string of the molecule is N#CC1=CCC(C2C=CCCC2c2ccccc2C2C=CCCC2C2=CC(n3c4c(c5ccccc53)C=C(C#N)CC4)NC(N3C4C#CCCC4C4CCC=NC43)=C2)C=C1. The van der Waals surface area contributed by atoms with Gasteiger partial charge in [0.2, 0.25) is 0 Å². The molecule has 11 rings (SSSR count). The molecule has 2 aromatic carbocycles. The van der Waals surface area contributed by atoms with Crippen LogP contribution in [0.5, 0.6) is 0 Å². The maximum Gasteiger partial charge on any atom is 0.126 e. The Kier molecular flexibility index (Phi) is 9.58. The number of aromatic nitrogens is 1. The predicted octanol–water partition coefficient (Wildman–Crippen LogP) is 11.1. The number of benzene rings is 2. The van der Waals surface area contributed by atoms with Gasteiger partial charge in [-0.2, -0.15) is 10.5 Å². The standard InChI is InChI=1S/C54H52N6/c55-33-35-23-26-37(27-24-35)39-12-1-3-14-41(39)43-16-5-6-17-44(43)42-15-4-2-13-40(42)38-31-52(59-49-21-9-8-19-46(49)48-30-36(34-56)25-28-51(48)59)58-53(32-38)60-50-22-10-7-18-45(50)47-20-11-29-57-54(47)60/h1,4-6,8-9,12,15-17,19,21,23-24,26,29-32,37,39-42,45,47,50,52,54,58H,2-3,7,11,13-14,18,20,25,27-28H2. The maximum atomic E-state index is 9.98. The minimum absolute atomic E-state index is 0.0864. The molecule has 0 saturated carbocycles. The lowest BCUT2D eigenvalue weighted by Crippen LogP contribution is -2.45. The molecule has 5 aliphatic carbocycles. The van der Waals surface area contributed by atoms with Gasteiger partial charge in [-0.15, -0.1) is 5.92 Å². The molecule has 10 unspecified atom stereocenters. The first kappa shape index (κ1) is 37.0. The van der Waals surface area contributed by atoms with Crippen molar-refractivity contribution in [1.82, 2.24) is 14.8 Å². The molecule has 0 amide bonds. The van der Waals surface area contributed by atoms with Gasteiger partial charge in [0.05, 0.1) is 23.7 Å². The Hall–Kier alpha value is -6.03. The van der Waals surface area contributed by atoms with E-state index in [1.807, 2.05) is 6.08 Å². The zero-order valence-electron chi connectivity index (χ0n) is 34.3. The van der Waals surface area contributed by atoms with Crippen LogP contribution in [0.15, 0.2) is 131 Å². The molecule has 10 atom stereocenters. The van der Waals surface area contributed by atoms with Crippen molar-refractivity contribution in [3.63, 3.8) is 0 Å². The number of para-hydroxylation sites is 1. The van der Waals surface area contributed by atoms with Crippen molar-refractivity contribution in [2.24, 2.45) is 34.6 Å². The van der Waals surface area contributed by atoms with E-state index in [1.54, 1.807) is 0 Å². The van der Waals surface area contributed by atoms with Crippen molar-refractivity contribution in [1.29, 1.82) is 10.5 Å². The number of nitrogens with one attached hydrogen (secondary N) is 1. The van der Waals surface area contributed by atoms with E-state index in [4.69, 9.17) is 4.99 Å². The molecule has 0 bridgehead atoms. The van der Waals surface area contributed by atoms with Crippen molar-refractivity contribution in [2.75, 3.05) is 0 Å². The Morgan fingerprint density at radius 1 is 0.817 bits per heavy atom. The molecule has 0 spiro atoms. The first-order valence-corrected chi connectivity index (χ1v) is 22.6. The lowest BCUT2D eigenvalue weighted by Gasteiger charge is -2.41. The van der Waals surface area contributed by atoms with E-state index < -0.39 is 0 Å². The van der Waals surface area contributed by atoms with Crippen molar-refractivity contribution in [3.05, 3.63) is 148 Å². The number of nitrogens with zero attached hydrogens (tertiary/aromatic N) is 5. The van der Waals surface area contributed by atoms with E-state index in [2.05, 4.69) is 148 Å². The second-order valence-corrected chi connectivity index (χ2v) is 18.2. The smallest absolute Gasteiger partial charge is 0.126 e. The molecule has 6 heteroatoms. The monoisotopic (exact) mass is 784 g/mol. The van der Waals surface area contributed by atoms with Crippen LogP contribution >= 0.6 is 0 Å². The molecule has 6 nitrogen and oxygen atoms in total. The Bertz CT molecular complexity index is 2630. The van der Waals surface area contributed by atoms with E-state index in [0.29, 0.717) is 29.6 Å². The van der Waals surface area contributed by atoms with Gasteiger partial charge >= 0.3 is 0 Å². The molecular formula is C54H52N6. The number of fused-ring (bicyclic) bond motifs is 6. The molecule has 0 radical (unpaired) electrons. The Labute approximate surface area is 354 Å². The molecular weight excluding hydrogens is 733 g/mol. The van der Waals surface area contributed by atoms with Crippen LogP contribution in [0.4, 0.5) is 0 Å². The van der Waals surface area contributed by atoms with Gasteiger partial charge in [-0.1, -0.05) is 84.8 Å². The van der Waals surface area contributed by atoms with Crippen LogP contribution in [0.2, 0.25) is 0 Å². The van der Waals surface area contributed by atoms with Crippen molar-refractivity contribution in [2.45, 2.75) is 101 Å². The molecule has 60 heavy (non-hydrogen) atoms. The minimum Gasteiger partial charge on any atom is -0.348 e. The quantitative estimate of drug-likeness (QED) is 0.199. The highest BCUT2D eigenvalue weighted by molar-refractivity contribution is 5.93. The summed E-state index contributed by atoms with van der Waals surface area (Å²) in [4.78, 5) is 7.85. The lowest BCUT2D eigenvalue weighted by molar-refractivity contribution is 0.229. The lowest BCUT2D eigenvalue weighted by atomic mass is 9.67. The summed E-state index contributed by atoms with van der Waals surface area (Å²) in [5.41, 5.74) is 9.65. The van der Waals surface area contributed by atoms with Gasteiger partial charge in [0, 0.05) is 52.3 Å². The van der Waals surface area contributed by atoms with E-state index in [9.17, 15) is 10.5 Å². The fourth-order valence-electron chi connectivity index (χ4n) is 12.4. The first-order valence-electron chi connectivity index (χ1n) is 22.6. The molecule has 3 aromatic rings. The Morgan fingerprint density at radius 3 is 2.53 bits per heavy atom. The summed E-state index contributed by atoms with van der Waals surface area (Å²) in [6.45, 7) is 0. The summed E-state index contributed by atoms with van der Waals surface area (Å²) in [5, 5.41) is 24.9. The normalized spacial score (nSPS) is 32.5. The van der Waals surface area contributed by atoms with Crippen LogP contribution in [0.3, 0.4) is 0 Å². The molecule has 1 fully saturated rings. The average Bonchev–Trinajstić information content (AvgIpc) is 3.84. The largest absolute Gasteiger partial charge is 0.348 e. The molecule has 1 saturated heterocycles. The van der Waals surface area contributed by atoms with Gasteiger partial charge in [-0.25, -0.2) is 0 Å². The number of aliphatic imine (C=N–C) groups is 1. The number of hydrogen-bond donors (Lipinski definition) is 1. The van der Waals surface area contributed by atoms with E-state index in [1.165, 1.54) is 45.3 Å². The third-order valence-corrected chi connectivity index (χ3v) is 15.1. The molecule has 1 aromatic heterocycles. The topological polar surface area (TPSA) is 80.1 Å². The highest BCUT2D eigenvalue weighted by Crippen LogP contribution is 2.50. The number of rotatable bonds is 6. The van der Waals surface area contributed by atoms with Gasteiger partial charge in [0.25, 0.3) is 0 Å². The number of hydrogen-bond acceptors (Lipinski definition) is 5. The second kappa shape index (κ2) is 15.5. The molecule has 8 aliphatic rings. The Balaban J connectivity index is 1.04. The predicted molar refractivity (Wildman–Crippen MR) is 240 cm³/mol.